The number of benzene rings is 2. The van der Waals surface area contributed by atoms with Crippen LogP contribution < -0.4 is 15.8 Å². The molecule has 0 fully saturated rings. The van der Waals surface area contributed by atoms with Gasteiger partial charge in [-0.15, -0.1) is 0 Å². The van der Waals surface area contributed by atoms with Crippen molar-refractivity contribution in [1.82, 2.24) is 0 Å². The maximum Gasteiger partial charge on any atom is 0.246 e. The molecule has 128 valence electrons. The summed E-state index contributed by atoms with van der Waals surface area (Å²) in [5.74, 6) is -0.225. The van der Waals surface area contributed by atoms with E-state index in [9.17, 15) is 13.2 Å². The summed E-state index contributed by atoms with van der Waals surface area (Å²) in [6.45, 7) is 5.75. The molecule has 0 aromatic heterocycles. The fraction of sp³-hybridized carbons (Fsp3) is 0.235. The van der Waals surface area contributed by atoms with Gasteiger partial charge in [0.05, 0.1) is 4.90 Å². The predicted octanol–water partition coefficient (Wildman–Crippen LogP) is 2.39. The predicted molar refractivity (Wildman–Crippen MR) is 95.4 cm³/mol. The molecule has 1 amide bonds. The van der Waals surface area contributed by atoms with Crippen LogP contribution in [0, 0.1) is 13.8 Å². The van der Waals surface area contributed by atoms with Crippen LogP contribution in [0.5, 0.6) is 0 Å². The lowest BCUT2D eigenvalue weighted by atomic mass is 10.1. The summed E-state index contributed by atoms with van der Waals surface area (Å²) in [7, 11) is -3.74. The van der Waals surface area contributed by atoms with Crippen molar-refractivity contribution in [3.05, 3.63) is 53.6 Å². The molecule has 1 atom stereocenters. The maximum atomic E-state index is 12.3. The third-order valence-electron chi connectivity index (χ3n) is 3.45. The molecule has 4 N–H and O–H groups in total. The fourth-order valence-corrected chi connectivity index (χ4v) is 2.87. The number of sulfonamides is 1. The molecule has 7 heteroatoms. The van der Waals surface area contributed by atoms with Crippen LogP contribution in [-0.4, -0.2) is 20.4 Å². The van der Waals surface area contributed by atoms with E-state index >= 15 is 0 Å². The Balaban J connectivity index is 2.03. The summed E-state index contributed by atoms with van der Waals surface area (Å²) in [5.41, 5.74) is 3.61. The van der Waals surface area contributed by atoms with Crippen molar-refractivity contribution in [3.8, 4) is 0 Å². The minimum Gasteiger partial charge on any atom is -0.374 e. The van der Waals surface area contributed by atoms with Gasteiger partial charge in [-0.3, -0.25) is 4.79 Å². The van der Waals surface area contributed by atoms with Gasteiger partial charge in [0.15, 0.2) is 0 Å². The quantitative estimate of drug-likeness (QED) is 0.773. The zero-order chi connectivity index (χ0) is 17.9. The molecule has 0 radical (unpaired) electrons. The highest BCUT2D eigenvalue weighted by atomic mass is 32.2. The summed E-state index contributed by atoms with van der Waals surface area (Å²) in [5, 5.41) is 10.9. The number of primary sulfonamides is 1. The number of nitrogens with two attached hydrogens (primary N) is 1. The van der Waals surface area contributed by atoms with E-state index in [1.165, 1.54) is 24.3 Å². The second-order valence-electron chi connectivity index (χ2n) is 5.80. The van der Waals surface area contributed by atoms with Gasteiger partial charge in [-0.1, -0.05) is 6.07 Å². The molecule has 0 saturated carbocycles. The minimum atomic E-state index is -3.74. The summed E-state index contributed by atoms with van der Waals surface area (Å²) in [6, 6.07) is 11.3. The number of nitrogens with one attached hydrogen (secondary N) is 2. The number of carbonyl (C=O) groups excluding carboxylic acids is 1. The molecule has 0 bridgehead atoms. The van der Waals surface area contributed by atoms with Crippen molar-refractivity contribution >= 4 is 27.3 Å². The SMILES string of the molecule is Cc1cc(C)cc(NC(C)C(=O)Nc2ccc(S(N)(=O)=O)cc2)c1. The first-order valence-corrected chi connectivity index (χ1v) is 8.98. The smallest absolute Gasteiger partial charge is 0.246 e. The number of hydrogen-bond donors (Lipinski definition) is 3. The minimum absolute atomic E-state index is 0.00177. The van der Waals surface area contributed by atoms with Crippen LogP contribution in [-0.2, 0) is 14.8 Å². The molecule has 0 heterocycles. The Hall–Kier alpha value is -2.38. The van der Waals surface area contributed by atoms with Gasteiger partial charge >= 0.3 is 0 Å². The van der Waals surface area contributed by atoms with Crippen molar-refractivity contribution < 1.29 is 13.2 Å². The van der Waals surface area contributed by atoms with Crippen molar-refractivity contribution in [1.29, 1.82) is 0 Å². The highest BCUT2D eigenvalue weighted by Gasteiger charge is 2.14. The van der Waals surface area contributed by atoms with E-state index in [1.807, 2.05) is 26.0 Å². The summed E-state index contributed by atoms with van der Waals surface area (Å²) < 4.78 is 22.4. The molecule has 0 aliphatic heterocycles. The number of hydrogen-bond acceptors (Lipinski definition) is 4. The topological polar surface area (TPSA) is 101 Å². The van der Waals surface area contributed by atoms with Gasteiger partial charge in [0.25, 0.3) is 0 Å². The van der Waals surface area contributed by atoms with Crippen LogP contribution >= 0.6 is 0 Å². The Bertz CT molecular complexity index is 826. The van der Waals surface area contributed by atoms with Crippen molar-refractivity contribution in [2.45, 2.75) is 31.7 Å². The van der Waals surface area contributed by atoms with Crippen molar-refractivity contribution in [2.75, 3.05) is 10.6 Å². The first-order chi connectivity index (χ1) is 11.1. The zero-order valence-corrected chi connectivity index (χ0v) is 14.6. The fourth-order valence-electron chi connectivity index (χ4n) is 2.35. The standard InChI is InChI=1S/C17H21N3O3S/c1-11-8-12(2)10-15(9-11)19-13(3)17(21)20-14-4-6-16(7-5-14)24(18,22)23/h4-10,13,19H,1-3H3,(H,20,21)(H2,18,22,23). The third-order valence-corrected chi connectivity index (χ3v) is 4.38. The number of amides is 1. The first kappa shape index (κ1) is 18.0. The van der Waals surface area contributed by atoms with Crippen LogP contribution in [0.2, 0.25) is 0 Å². The lowest BCUT2D eigenvalue weighted by Gasteiger charge is -2.16. The van der Waals surface area contributed by atoms with Gasteiger partial charge in [-0.05, 0) is 68.3 Å². The average molecular weight is 347 g/mol. The van der Waals surface area contributed by atoms with E-state index in [4.69, 9.17) is 5.14 Å². The Morgan fingerprint density at radius 1 is 1.00 bits per heavy atom. The summed E-state index contributed by atoms with van der Waals surface area (Å²) in [4.78, 5) is 12.3. The molecule has 2 aromatic carbocycles. The normalized spacial score (nSPS) is 12.5. The van der Waals surface area contributed by atoms with Crippen LogP contribution in [0.4, 0.5) is 11.4 Å². The van der Waals surface area contributed by atoms with E-state index in [1.54, 1.807) is 6.92 Å². The monoisotopic (exact) mass is 347 g/mol. The molecule has 0 spiro atoms. The zero-order valence-electron chi connectivity index (χ0n) is 13.8. The molecule has 1 unspecified atom stereocenters. The largest absolute Gasteiger partial charge is 0.374 e. The highest BCUT2D eigenvalue weighted by Crippen LogP contribution is 2.16. The molecule has 2 aromatic rings. The van der Waals surface area contributed by atoms with Gasteiger partial charge in [-0.25, -0.2) is 13.6 Å². The van der Waals surface area contributed by atoms with Gasteiger partial charge in [-0.2, -0.15) is 0 Å². The van der Waals surface area contributed by atoms with Gasteiger partial charge in [0.1, 0.15) is 6.04 Å². The number of aryl methyl sites for hydroxylation is 2. The van der Waals surface area contributed by atoms with E-state index < -0.39 is 16.1 Å². The van der Waals surface area contributed by atoms with Crippen molar-refractivity contribution in [3.63, 3.8) is 0 Å². The Kier molecular flexibility index (Phi) is 5.26. The molecular formula is C17H21N3O3S. The molecule has 0 saturated heterocycles. The molecule has 24 heavy (non-hydrogen) atoms. The second-order valence-corrected chi connectivity index (χ2v) is 7.36. The molecular weight excluding hydrogens is 326 g/mol. The van der Waals surface area contributed by atoms with Crippen LogP contribution in [0.3, 0.4) is 0 Å². The van der Waals surface area contributed by atoms with Gasteiger partial charge in [0, 0.05) is 11.4 Å². The van der Waals surface area contributed by atoms with E-state index in [2.05, 4.69) is 16.7 Å². The lowest BCUT2D eigenvalue weighted by Crippen LogP contribution is -2.31. The first-order valence-electron chi connectivity index (χ1n) is 7.44. The van der Waals surface area contributed by atoms with Crippen LogP contribution in [0.1, 0.15) is 18.1 Å². The molecule has 6 nitrogen and oxygen atoms in total. The number of carbonyl (C=O) groups is 1. The Labute approximate surface area is 142 Å². The molecule has 0 aliphatic rings. The average Bonchev–Trinajstić information content (AvgIpc) is 2.45. The van der Waals surface area contributed by atoms with Gasteiger partial charge < -0.3 is 10.6 Å². The van der Waals surface area contributed by atoms with Gasteiger partial charge in [0.2, 0.25) is 15.9 Å². The number of anilines is 2. The summed E-state index contributed by atoms with van der Waals surface area (Å²) >= 11 is 0. The second kappa shape index (κ2) is 7.02. The van der Waals surface area contributed by atoms with Crippen LogP contribution in [0.25, 0.3) is 0 Å². The Morgan fingerprint density at radius 3 is 2.04 bits per heavy atom. The highest BCUT2D eigenvalue weighted by molar-refractivity contribution is 7.89. The van der Waals surface area contributed by atoms with Crippen LogP contribution in [0.15, 0.2) is 47.4 Å². The van der Waals surface area contributed by atoms with E-state index in [0.717, 1.165) is 16.8 Å². The molecule has 0 aliphatic carbocycles. The van der Waals surface area contributed by atoms with E-state index in [0.29, 0.717) is 5.69 Å². The third kappa shape index (κ3) is 4.81. The van der Waals surface area contributed by atoms with Crippen molar-refractivity contribution in [2.24, 2.45) is 5.14 Å². The lowest BCUT2D eigenvalue weighted by molar-refractivity contribution is -0.116. The maximum absolute atomic E-state index is 12.3. The van der Waals surface area contributed by atoms with E-state index in [-0.39, 0.29) is 10.8 Å². The Morgan fingerprint density at radius 2 is 1.54 bits per heavy atom. The number of rotatable bonds is 5. The molecule has 2 rings (SSSR count). The summed E-state index contributed by atoms with van der Waals surface area (Å²) in [6.07, 6.45) is 0.